The fourth-order valence-electron chi connectivity index (χ4n) is 3.79. The maximum absolute atomic E-state index is 15.2. The number of ketones is 1. The van der Waals surface area contributed by atoms with E-state index in [0.29, 0.717) is 18.6 Å². The van der Waals surface area contributed by atoms with E-state index in [9.17, 15) is 9.59 Å². The summed E-state index contributed by atoms with van der Waals surface area (Å²) in [5, 5.41) is 3.06. The number of carbonyl (C=O) groups excluding carboxylic acids is 1. The first-order chi connectivity index (χ1) is 14.2. The smallest absolute Gasteiger partial charge is 0.202 e. The van der Waals surface area contributed by atoms with Crippen molar-refractivity contribution in [2.24, 2.45) is 0 Å². The number of hydrogen-bond acceptors (Lipinski definition) is 6. The van der Waals surface area contributed by atoms with E-state index in [1.54, 1.807) is 17.1 Å². The Hall–Kier alpha value is -3.36. The first-order valence-electron chi connectivity index (χ1n) is 9.76. The molecule has 3 aromatic rings. The number of aromatic nitrogens is 3. The molecule has 0 saturated carbocycles. The number of rotatable bonds is 6. The molecule has 8 nitrogen and oxygen atoms in total. The van der Waals surface area contributed by atoms with Crippen molar-refractivity contribution in [3.8, 4) is 5.75 Å². The molecule has 1 aliphatic heterocycles. The molecule has 0 spiro atoms. The largest absolute Gasteiger partial charge is 0.487 e. The van der Waals surface area contributed by atoms with Gasteiger partial charge in [0.05, 0.1) is 34.0 Å². The first-order valence-corrected chi connectivity index (χ1v) is 9.76. The molecule has 0 bridgehead atoms. The molecule has 1 aliphatic rings. The van der Waals surface area contributed by atoms with E-state index in [1.165, 1.54) is 13.1 Å². The molecule has 0 saturated heterocycles. The molecule has 4 rings (SSSR count). The van der Waals surface area contributed by atoms with Crippen molar-refractivity contribution in [1.82, 2.24) is 14.1 Å². The van der Waals surface area contributed by atoms with Crippen LogP contribution in [-0.4, -0.2) is 33.1 Å². The number of anilines is 2. The minimum atomic E-state index is -0.746. The van der Waals surface area contributed by atoms with Crippen LogP contribution in [0.4, 0.5) is 15.8 Å². The van der Waals surface area contributed by atoms with Gasteiger partial charge in [-0.1, -0.05) is 0 Å². The number of aryl methyl sites for hydroxylation is 1. The number of nitrogen functional groups attached to an aromatic ring is 1. The topological polar surface area (TPSA) is 104 Å². The van der Waals surface area contributed by atoms with Gasteiger partial charge in [-0.3, -0.25) is 9.59 Å². The highest BCUT2D eigenvalue weighted by atomic mass is 19.1. The molecule has 0 amide bonds. The van der Waals surface area contributed by atoms with Crippen LogP contribution in [0.2, 0.25) is 0 Å². The highest BCUT2D eigenvalue weighted by Gasteiger charge is 2.34. The average molecular weight is 413 g/mol. The Bertz CT molecular complexity index is 1200. The second-order valence-electron chi connectivity index (χ2n) is 8.14. The van der Waals surface area contributed by atoms with Gasteiger partial charge >= 0.3 is 0 Å². The number of Topliss-reactive ketones (excluding diaryl/α,β-unsaturated/α-hetero) is 1. The lowest BCUT2D eigenvalue weighted by molar-refractivity contribution is 0.101. The number of hydrogen-bond donors (Lipinski definition) is 2. The van der Waals surface area contributed by atoms with E-state index < -0.39 is 22.6 Å². The van der Waals surface area contributed by atoms with Gasteiger partial charge in [-0.15, -0.1) is 0 Å². The number of nitrogens with one attached hydrogen (secondary N) is 1. The quantitative estimate of drug-likeness (QED) is 0.366. The van der Waals surface area contributed by atoms with Crippen LogP contribution in [0.15, 0.2) is 29.7 Å². The van der Waals surface area contributed by atoms with Crippen LogP contribution in [0.25, 0.3) is 10.9 Å². The van der Waals surface area contributed by atoms with Crippen LogP contribution in [0.5, 0.6) is 5.75 Å². The third-order valence-corrected chi connectivity index (χ3v) is 5.43. The number of imidazole rings is 1. The number of ether oxygens (including phenoxy) is 1. The first kappa shape index (κ1) is 19.9. The van der Waals surface area contributed by atoms with Gasteiger partial charge in [0.1, 0.15) is 12.3 Å². The second kappa shape index (κ2) is 7.16. The third-order valence-electron chi connectivity index (χ3n) is 5.43. The molecular weight excluding hydrogens is 389 g/mol. The van der Waals surface area contributed by atoms with E-state index in [2.05, 4.69) is 10.3 Å². The van der Waals surface area contributed by atoms with Crippen molar-refractivity contribution < 1.29 is 13.9 Å². The zero-order valence-electron chi connectivity index (χ0n) is 17.2. The lowest BCUT2D eigenvalue weighted by atomic mass is 9.98. The van der Waals surface area contributed by atoms with Crippen LogP contribution in [-0.2, 0) is 12.1 Å². The maximum Gasteiger partial charge on any atom is 0.202 e. The zero-order chi connectivity index (χ0) is 21.6. The minimum Gasteiger partial charge on any atom is -0.487 e. The van der Waals surface area contributed by atoms with Gasteiger partial charge in [-0.05, 0) is 27.2 Å². The molecule has 2 aromatic heterocycles. The number of pyridine rings is 1. The van der Waals surface area contributed by atoms with Crippen LogP contribution in [0.3, 0.4) is 0 Å². The normalized spacial score (nSPS) is 14.5. The molecule has 0 fully saturated rings. The van der Waals surface area contributed by atoms with Gasteiger partial charge in [0.15, 0.2) is 17.3 Å². The molecule has 3 N–H and O–H groups in total. The summed E-state index contributed by atoms with van der Waals surface area (Å²) >= 11 is 0. The Labute approximate surface area is 172 Å². The fraction of sp³-hybridized carbons (Fsp3) is 0.381. The summed E-state index contributed by atoms with van der Waals surface area (Å²) in [7, 11) is 0. The summed E-state index contributed by atoms with van der Waals surface area (Å²) in [6.07, 6.45) is 7.52. The van der Waals surface area contributed by atoms with Gasteiger partial charge < -0.3 is 24.9 Å². The number of nitrogens with zero attached hydrogens (tertiary/aromatic N) is 3. The van der Waals surface area contributed by atoms with Crippen LogP contribution in [0, 0.1) is 5.82 Å². The summed E-state index contributed by atoms with van der Waals surface area (Å²) in [5.74, 6) is -0.897. The fourth-order valence-corrected chi connectivity index (χ4v) is 3.79. The predicted molar refractivity (Wildman–Crippen MR) is 113 cm³/mol. The summed E-state index contributed by atoms with van der Waals surface area (Å²) in [6.45, 7) is 6.58. The maximum atomic E-state index is 15.2. The Balaban J connectivity index is 1.83. The van der Waals surface area contributed by atoms with Gasteiger partial charge in [-0.2, -0.15) is 0 Å². The Morgan fingerprint density at radius 2 is 2.20 bits per heavy atom. The van der Waals surface area contributed by atoms with Crippen molar-refractivity contribution in [3.05, 3.63) is 46.5 Å². The summed E-state index contributed by atoms with van der Waals surface area (Å²) in [4.78, 5) is 29.0. The highest BCUT2D eigenvalue weighted by molar-refractivity contribution is 6.04. The zero-order valence-corrected chi connectivity index (χ0v) is 17.2. The Kier molecular flexibility index (Phi) is 4.76. The second-order valence-corrected chi connectivity index (χ2v) is 8.14. The van der Waals surface area contributed by atoms with Crippen LogP contribution < -0.4 is 21.2 Å². The lowest BCUT2D eigenvalue weighted by Crippen LogP contribution is -2.39. The van der Waals surface area contributed by atoms with Crippen molar-refractivity contribution >= 4 is 28.1 Å². The minimum absolute atomic E-state index is 0.0180. The van der Waals surface area contributed by atoms with Crippen LogP contribution >= 0.6 is 0 Å². The van der Waals surface area contributed by atoms with Crippen molar-refractivity contribution in [1.29, 1.82) is 0 Å². The molecule has 3 heterocycles. The molecule has 30 heavy (non-hydrogen) atoms. The lowest BCUT2D eigenvalue weighted by Gasteiger charge is -2.36. The molecule has 1 aromatic carbocycles. The molecule has 0 aliphatic carbocycles. The van der Waals surface area contributed by atoms with E-state index in [0.717, 1.165) is 6.42 Å². The van der Waals surface area contributed by atoms with Crippen molar-refractivity contribution in [2.75, 3.05) is 24.2 Å². The molecule has 0 unspecified atom stereocenters. The van der Waals surface area contributed by atoms with E-state index in [4.69, 9.17) is 10.5 Å². The summed E-state index contributed by atoms with van der Waals surface area (Å²) < 4.78 is 24.9. The molecule has 158 valence electrons. The van der Waals surface area contributed by atoms with Gasteiger partial charge in [-0.25, -0.2) is 9.37 Å². The number of nitrogens with two attached hydrogens (primary N) is 1. The predicted octanol–water partition coefficient (Wildman–Crippen LogP) is 2.75. The van der Waals surface area contributed by atoms with E-state index in [1.807, 2.05) is 24.6 Å². The van der Waals surface area contributed by atoms with Gasteiger partial charge in [0.2, 0.25) is 5.43 Å². The number of carbonyl (C=O) groups is 1. The Morgan fingerprint density at radius 1 is 1.43 bits per heavy atom. The third kappa shape index (κ3) is 3.10. The Morgan fingerprint density at radius 3 is 2.87 bits per heavy atom. The standard InChI is InChI=1S/C21H24FN5O3/c1-12(28)13-9-27-18-14(19(13)29)16(23)15(22)17(20(18)30-10-21(27,2)3)25-5-4-7-26-8-6-24-11-26/h6,8-9,11,25H,4-5,7,10,23H2,1-3H3. The van der Waals surface area contributed by atoms with E-state index >= 15 is 4.39 Å². The number of benzene rings is 1. The van der Waals surface area contributed by atoms with Crippen LogP contribution in [0.1, 0.15) is 37.6 Å². The molecule has 0 atom stereocenters. The number of halogens is 1. The van der Waals surface area contributed by atoms with E-state index in [-0.39, 0.29) is 34.7 Å². The summed E-state index contributed by atoms with van der Waals surface area (Å²) in [5.41, 5.74) is 5.16. The van der Waals surface area contributed by atoms with Crippen molar-refractivity contribution in [2.45, 2.75) is 39.3 Å². The highest BCUT2D eigenvalue weighted by Crippen LogP contribution is 2.44. The molecule has 0 radical (unpaired) electrons. The molecular formula is C21H24FN5O3. The molecule has 9 heteroatoms. The average Bonchev–Trinajstić information content (AvgIpc) is 3.20. The van der Waals surface area contributed by atoms with Gasteiger partial charge in [0.25, 0.3) is 0 Å². The monoisotopic (exact) mass is 413 g/mol. The van der Waals surface area contributed by atoms with Crippen molar-refractivity contribution in [3.63, 3.8) is 0 Å². The van der Waals surface area contributed by atoms with Gasteiger partial charge in [0, 0.05) is 31.7 Å². The SMILES string of the molecule is CC(=O)c1cn2c3c(c(NCCCn4ccnc4)c(F)c(N)c3c1=O)OCC2(C)C. The summed E-state index contributed by atoms with van der Waals surface area (Å²) in [6, 6.07) is 0.